The van der Waals surface area contributed by atoms with Crippen molar-refractivity contribution in [3.63, 3.8) is 0 Å². The number of hydroxylamine groups is 2. The highest BCUT2D eigenvalue weighted by molar-refractivity contribution is 5.44. The summed E-state index contributed by atoms with van der Waals surface area (Å²) in [6.45, 7) is 15.2. The summed E-state index contributed by atoms with van der Waals surface area (Å²) in [7, 11) is 0. The minimum atomic E-state index is 0.388. The van der Waals surface area contributed by atoms with Gasteiger partial charge in [0.05, 0.1) is 4.76 Å². The first-order valence-electron chi connectivity index (χ1n) is 9.36. The SMILES string of the molecule is CCN(CC)C1=CC(=C2C=C(N(CC)CC)C=C(C)[N+]2=O)N([O-])C(C)=C1. The van der Waals surface area contributed by atoms with E-state index in [-0.39, 0.29) is 0 Å². The van der Waals surface area contributed by atoms with Gasteiger partial charge in [0.25, 0.3) is 5.70 Å². The highest BCUT2D eigenvalue weighted by Gasteiger charge is 2.31. The third kappa shape index (κ3) is 3.75. The third-order valence-electron chi connectivity index (χ3n) is 4.88. The molecule has 0 aromatic carbocycles. The summed E-state index contributed by atoms with van der Waals surface area (Å²) in [5.41, 5.74) is 3.85. The van der Waals surface area contributed by atoms with Crippen LogP contribution in [0, 0.1) is 10.1 Å². The van der Waals surface area contributed by atoms with Crippen LogP contribution in [0.2, 0.25) is 0 Å². The lowest BCUT2D eigenvalue weighted by atomic mass is 10.1. The maximum atomic E-state index is 12.7. The summed E-state index contributed by atoms with van der Waals surface area (Å²) < 4.78 is 0.849. The fourth-order valence-corrected chi connectivity index (χ4v) is 3.30. The lowest BCUT2D eigenvalue weighted by molar-refractivity contribution is -0.443. The van der Waals surface area contributed by atoms with Crippen LogP contribution in [-0.4, -0.2) is 45.8 Å². The minimum Gasteiger partial charge on any atom is -0.754 e. The number of hydrogen-bond acceptors (Lipinski definition) is 5. The van der Waals surface area contributed by atoms with Gasteiger partial charge in [-0.05, 0) is 46.8 Å². The van der Waals surface area contributed by atoms with E-state index in [0.717, 1.165) is 47.4 Å². The molecule has 0 spiro atoms. The van der Waals surface area contributed by atoms with Crippen molar-refractivity contribution in [2.75, 3.05) is 26.2 Å². The van der Waals surface area contributed by atoms with E-state index in [2.05, 4.69) is 37.5 Å². The normalized spacial score (nSPS) is 20.4. The number of nitroso groups, excluding NO2 is 1. The molecule has 0 amide bonds. The molecular formula is C20H30N4O2. The van der Waals surface area contributed by atoms with Crippen molar-refractivity contribution in [2.45, 2.75) is 41.5 Å². The number of allylic oxidation sites excluding steroid dienone is 6. The van der Waals surface area contributed by atoms with Gasteiger partial charge in [0.15, 0.2) is 0 Å². The lowest BCUT2D eigenvalue weighted by Crippen LogP contribution is -2.29. The second-order valence-corrected chi connectivity index (χ2v) is 6.41. The molecule has 26 heavy (non-hydrogen) atoms. The first kappa shape index (κ1) is 20.0. The molecule has 0 aromatic rings. The van der Waals surface area contributed by atoms with E-state index in [0.29, 0.717) is 22.8 Å². The molecule has 2 aliphatic rings. The number of nitrogens with zero attached hydrogens (tertiary/aromatic N) is 4. The quantitative estimate of drug-likeness (QED) is 0.670. The van der Waals surface area contributed by atoms with Crippen molar-refractivity contribution in [2.24, 2.45) is 0 Å². The second kappa shape index (κ2) is 8.36. The predicted molar refractivity (Wildman–Crippen MR) is 105 cm³/mol. The van der Waals surface area contributed by atoms with E-state index < -0.39 is 0 Å². The zero-order valence-electron chi connectivity index (χ0n) is 16.7. The Bertz CT molecular complexity index is 720. The van der Waals surface area contributed by atoms with Gasteiger partial charge < -0.3 is 20.1 Å². The van der Waals surface area contributed by atoms with Crippen molar-refractivity contribution >= 4 is 0 Å². The van der Waals surface area contributed by atoms with Crippen molar-refractivity contribution in [1.82, 2.24) is 14.9 Å². The standard InChI is InChI=1S/C20H30N4O2/c1-7-21(8-2)17-11-15(5)23(25)19(13-17)20-14-18(22(9-3)10-4)12-16(6)24(20)26/h11-14H,7-10H2,1-6H3. The van der Waals surface area contributed by atoms with Crippen molar-refractivity contribution in [3.05, 3.63) is 68.6 Å². The Labute approximate surface area is 156 Å². The molecule has 0 bridgehead atoms. The largest absolute Gasteiger partial charge is 0.754 e. The van der Waals surface area contributed by atoms with Crippen LogP contribution in [0.15, 0.2) is 58.5 Å². The Hall–Kier alpha value is -2.34. The smallest absolute Gasteiger partial charge is 0.287 e. The van der Waals surface area contributed by atoms with Gasteiger partial charge in [0, 0.05) is 67.3 Å². The van der Waals surface area contributed by atoms with Crippen LogP contribution in [0.3, 0.4) is 0 Å². The second-order valence-electron chi connectivity index (χ2n) is 6.41. The predicted octanol–water partition coefficient (Wildman–Crippen LogP) is 4.06. The van der Waals surface area contributed by atoms with Crippen LogP contribution in [0.25, 0.3) is 0 Å². The summed E-state index contributed by atoms with van der Waals surface area (Å²) in [5.74, 6) is 0. The molecule has 0 saturated carbocycles. The van der Waals surface area contributed by atoms with Gasteiger partial charge in [-0.3, -0.25) is 0 Å². The molecule has 0 aromatic heterocycles. The number of hydrogen-bond donors (Lipinski definition) is 0. The van der Waals surface area contributed by atoms with Gasteiger partial charge in [-0.25, -0.2) is 0 Å². The topological polar surface area (TPSA) is 52.9 Å². The van der Waals surface area contributed by atoms with Gasteiger partial charge in [0.2, 0.25) is 5.70 Å². The maximum Gasteiger partial charge on any atom is 0.287 e. The molecule has 0 aliphatic carbocycles. The van der Waals surface area contributed by atoms with Crippen molar-refractivity contribution < 1.29 is 4.76 Å². The summed E-state index contributed by atoms with van der Waals surface area (Å²) in [6, 6.07) is 0. The monoisotopic (exact) mass is 358 g/mol. The average molecular weight is 358 g/mol. The van der Waals surface area contributed by atoms with Crippen molar-refractivity contribution in [3.8, 4) is 0 Å². The van der Waals surface area contributed by atoms with E-state index >= 15 is 0 Å². The van der Waals surface area contributed by atoms with Crippen LogP contribution >= 0.6 is 0 Å². The summed E-state index contributed by atoms with van der Waals surface area (Å²) in [5, 5.41) is 13.6. The first-order valence-corrected chi connectivity index (χ1v) is 9.36. The summed E-state index contributed by atoms with van der Waals surface area (Å²) in [4.78, 5) is 17.1. The Balaban J connectivity index is 2.62. The van der Waals surface area contributed by atoms with E-state index in [4.69, 9.17) is 0 Å². The maximum absolute atomic E-state index is 12.7. The van der Waals surface area contributed by atoms with Crippen LogP contribution in [0.1, 0.15) is 41.5 Å². The molecule has 0 unspecified atom stereocenters. The molecule has 0 atom stereocenters. The molecule has 0 saturated heterocycles. The fourth-order valence-electron chi connectivity index (χ4n) is 3.30. The number of likely N-dealkylation sites (N-methyl/N-ethyl adjacent to an activating group) is 2. The Kier molecular flexibility index (Phi) is 6.42. The molecule has 2 rings (SSSR count). The lowest BCUT2D eigenvalue weighted by Gasteiger charge is -2.37. The van der Waals surface area contributed by atoms with Gasteiger partial charge in [0.1, 0.15) is 5.70 Å². The molecule has 2 heterocycles. The van der Waals surface area contributed by atoms with Crippen LogP contribution in [0.5, 0.6) is 0 Å². The van der Waals surface area contributed by atoms with Gasteiger partial charge in [-0.15, -0.1) is 0 Å². The van der Waals surface area contributed by atoms with Gasteiger partial charge in [-0.2, -0.15) is 0 Å². The third-order valence-corrected chi connectivity index (χ3v) is 4.88. The molecule has 6 heteroatoms. The zero-order chi connectivity index (χ0) is 19.4. The van der Waals surface area contributed by atoms with Crippen LogP contribution < -0.4 is 0 Å². The molecule has 0 N–H and O–H groups in total. The molecule has 0 radical (unpaired) electrons. The molecule has 0 fully saturated rings. The van der Waals surface area contributed by atoms with E-state index in [1.54, 1.807) is 13.8 Å². The zero-order valence-corrected chi connectivity index (χ0v) is 16.7. The summed E-state index contributed by atoms with van der Waals surface area (Å²) >= 11 is 0. The Morgan fingerprint density at radius 2 is 1.38 bits per heavy atom. The highest BCUT2D eigenvalue weighted by Crippen LogP contribution is 2.31. The van der Waals surface area contributed by atoms with Gasteiger partial charge >= 0.3 is 0 Å². The van der Waals surface area contributed by atoms with E-state index in [1.165, 1.54) is 0 Å². The Morgan fingerprint density at radius 1 is 0.885 bits per heavy atom. The summed E-state index contributed by atoms with van der Waals surface area (Å²) in [6.07, 6.45) is 7.39. The van der Waals surface area contributed by atoms with E-state index in [9.17, 15) is 10.1 Å². The molecule has 2 aliphatic heterocycles. The average Bonchev–Trinajstić information content (AvgIpc) is 2.62. The number of rotatable bonds is 6. The minimum absolute atomic E-state index is 0.388. The van der Waals surface area contributed by atoms with Crippen molar-refractivity contribution in [1.29, 1.82) is 0 Å². The molecular weight excluding hydrogens is 328 g/mol. The molecule has 6 nitrogen and oxygen atoms in total. The fraction of sp³-hybridized carbons (Fsp3) is 0.500. The van der Waals surface area contributed by atoms with Crippen LogP contribution in [0.4, 0.5) is 0 Å². The Morgan fingerprint density at radius 3 is 1.88 bits per heavy atom. The van der Waals surface area contributed by atoms with Gasteiger partial charge in [-0.1, -0.05) is 0 Å². The first-order chi connectivity index (χ1) is 12.4. The van der Waals surface area contributed by atoms with E-state index in [1.807, 2.05) is 24.3 Å². The van der Waals surface area contributed by atoms with Crippen LogP contribution in [-0.2, 0) is 0 Å². The highest BCUT2D eigenvalue weighted by atomic mass is 16.5. The molecule has 142 valence electrons.